The number of rotatable bonds is 3. The minimum Gasteiger partial charge on any atom is -0.287 e. The Balaban J connectivity index is 1.54. The minimum absolute atomic E-state index is 0.279. The Bertz CT molecular complexity index is 776. The van der Waals surface area contributed by atoms with E-state index < -0.39 is 11.7 Å². The molecule has 3 rings (SSSR count). The molecule has 2 N–H and O–H groups in total. The SMILES string of the molecule is C[C@H](C(=O)NNC(=O)c1ccc(F)cc1)N1CCc2ccccc2C1. The van der Waals surface area contributed by atoms with Crippen LogP contribution in [0.15, 0.2) is 48.5 Å². The summed E-state index contributed by atoms with van der Waals surface area (Å²) in [7, 11) is 0. The minimum atomic E-state index is -0.482. The van der Waals surface area contributed by atoms with Gasteiger partial charge in [-0.05, 0) is 48.7 Å². The number of benzene rings is 2. The maximum absolute atomic E-state index is 12.9. The molecule has 0 unspecified atom stereocenters. The molecule has 5 nitrogen and oxygen atoms in total. The molecule has 0 aromatic heterocycles. The molecular formula is C19H20FN3O2. The molecule has 25 heavy (non-hydrogen) atoms. The molecule has 2 amide bonds. The van der Waals surface area contributed by atoms with Gasteiger partial charge in [-0.1, -0.05) is 24.3 Å². The summed E-state index contributed by atoms with van der Waals surface area (Å²) in [6.45, 7) is 3.31. The van der Waals surface area contributed by atoms with Gasteiger partial charge in [0.2, 0.25) is 0 Å². The zero-order chi connectivity index (χ0) is 17.8. The first kappa shape index (κ1) is 17.1. The Morgan fingerprint density at radius 2 is 1.72 bits per heavy atom. The summed E-state index contributed by atoms with van der Waals surface area (Å²) in [4.78, 5) is 26.3. The van der Waals surface area contributed by atoms with Crippen LogP contribution < -0.4 is 10.9 Å². The summed E-state index contributed by atoms with van der Waals surface area (Å²) >= 11 is 0. The van der Waals surface area contributed by atoms with Crippen LogP contribution >= 0.6 is 0 Å². The lowest BCUT2D eigenvalue weighted by molar-refractivity contribution is -0.127. The zero-order valence-electron chi connectivity index (χ0n) is 14.0. The molecule has 0 radical (unpaired) electrons. The molecule has 130 valence electrons. The van der Waals surface area contributed by atoms with Crippen molar-refractivity contribution in [2.75, 3.05) is 6.54 Å². The molecule has 1 aliphatic rings. The number of fused-ring (bicyclic) bond motifs is 1. The van der Waals surface area contributed by atoms with E-state index in [2.05, 4.69) is 27.9 Å². The van der Waals surface area contributed by atoms with E-state index in [1.165, 1.54) is 35.4 Å². The van der Waals surface area contributed by atoms with Gasteiger partial charge in [0.1, 0.15) is 5.82 Å². The van der Waals surface area contributed by atoms with Crippen molar-refractivity contribution in [2.45, 2.75) is 25.9 Å². The van der Waals surface area contributed by atoms with Crippen LogP contribution in [0.1, 0.15) is 28.4 Å². The smallest absolute Gasteiger partial charge is 0.269 e. The van der Waals surface area contributed by atoms with E-state index in [0.29, 0.717) is 6.54 Å². The largest absolute Gasteiger partial charge is 0.287 e. The number of carbonyl (C=O) groups is 2. The molecule has 1 aliphatic heterocycles. The van der Waals surface area contributed by atoms with Crippen molar-refractivity contribution in [1.29, 1.82) is 0 Å². The van der Waals surface area contributed by atoms with Crippen molar-refractivity contribution >= 4 is 11.8 Å². The summed E-state index contributed by atoms with van der Waals surface area (Å²) < 4.78 is 12.9. The second-order valence-electron chi connectivity index (χ2n) is 6.12. The first-order valence-electron chi connectivity index (χ1n) is 8.21. The third-order valence-electron chi connectivity index (χ3n) is 4.49. The van der Waals surface area contributed by atoms with E-state index in [4.69, 9.17) is 0 Å². The molecule has 1 atom stereocenters. The zero-order valence-corrected chi connectivity index (χ0v) is 14.0. The average Bonchev–Trinajstić information content (AvgIpc) is 2.65. The van der Waals surface area contributed by atoms with Gasteiger partial charge in [0.05, 0.1) is 6.04 Å². The highest BCUT2D eigenvalue weighted by Gasteiger charge is 2.25. The molecule has 6 heteroatoms. The van der Waals surface area contributed by atoms with E-state index in [1.54, 1.807) is 0 Å². The molecule has 2 aromatic rings. The van der Waals surface area contributed by atoms with Gasteiger partial charge in [-0.2, -0.15) is 0 Å². The van der Waals surface area contributed by atoms with E-state index in [1.807, 2.05) is 19.1 Å². The van der Waals surface area contributed by atoms with Crippen LogP contribution in [-0.4, -0.2) is 29.3 Å². The summed E-state index contributed by atoms with van der Waals surface area (Å²) in [6, 6.07) is 13.0. The number of nitrogens with zero attached hydrogens (tertiary/aromatic N) is 1. The predicted octanol–water partition coefficient (Wildman–Crippen LogP) is 2.03. The Kier molecular flexibility index (Phi) is 5.09. The third kappa shape index (κ3) is 4.03. The summed E-state index contributed by atoms with van der Waals surface area (Å²) in [5.74, 6) is -1.18. The number of halogens is 1. The Morgan fingerprint density at radius 3 is 2.44 bits per heavy atom. The van der Waals surface area contributed by atoms with Crippen LogP contribution in [-0.2, 0) is 17.8 Å². The van der Waals surface area contributed by atoms with E-state index >= 15 is 0 Å². The highest BCUT2D eigenvalue weighted by molar-refractivity contribution is 5.95. The molecule has 0 aliphatic carbocycles. The second-order valence-corrected chi connectivity index (χ2v) is 6.12. The number of amides is 2. The molecule has 0 fully saturated rings. The molecule has 1 heterocycles. The molecule has 0 spiro atoms. The lowest BCUT2D eigenvalue weighted by Crippen LogP contribution is -2.52. The highest BCUT2D eigenvalue weighted by Crippen LogP contribution is 2.20. The van der Waals surface area contributed by atoms with Gasteiger partial charge in [0.15, 0.2) is 0 Å². The van der Waals surface area contributed by atoms with Gasteiger partial charge < -0.3 is 0 Å². The fourth-order valence-corrected chi connectivity index (χ4v) is 2.91. The van der Waals surface area contributed by atoms with Crippen LogP contribution in [0.4, 0.5) is 4.39 Å². The Hall–Kier alpha value is -2.73. The topological polar surface area (TPSA) is 61.4 Å². The fourth-order valence-electron chi connectivity index (χ4n) is 2.91. The number of hydrazine groups is 1. The van der Waals surface area contributed by atoms with Crippen molar-refractivity contribution in [2.24, 2.45) is 0 Å². The Morgan fingerprint density at radius 1 is 1.04 bits per heavy atom. The fraction of sp³-hybridized carbons (Fsp3) is 0.263. The standard InChI is InChI=1S/C19H20FN3O2/c1-13(23-11-10-14-4-2-3-5-16(14)12-23)18(24)21-22-19(25)15-6-8-17(20)9-7-15/h2-9,13H,10-12H2,1H3,(H,21,24)(H,22,25)/t13-/m1/s1. The van der Waals surface area contributed by atoms with Crippen molar-refractivity contribution in [1.82, 2.24) is 15.8 Å². The third-order valence-corrected chi connectivity index (χ3v) is 4.49. The Labute approximate surface area is 145 Å². The first-order chi connectivity index (χ1) is 12.0. The lowest BCUT2D eigenvalue weighted by atomic mass is 9.99. The van der Waals surface area contributed by atoms with Crippen LogP contribution in [0, 0.1) is 5.82 Å². The van der Waals surface area contributed by atoms with E-state index in [-0.39, 0.29) is 17.5 Å². The number of hydrogen-bond acceptors (Lipinski definition) is 3. The van der Waals surface area contributed by atoms with Crippen LogP contribution in [0.3, 0.4) is 0 Å². The van der Waals surface area contributed by atoms with Crippen molar-refractivity contribution in [3.63, 3.8) is 0 Å². The normalized spacial score (nSPS) is 15.1. The summed E-state index contributed by atoms with van der Waals surface area (Å²) in [5.41, 5.74) is 7.63. The molecule has 0 saturated heterocycles. The van der Waals surface area contributed by atoms with E-state index in [9.17, 15) is 14.0 Å². The molecular weight excluding hydrogens is 321 g/mol. The number of nitrogens with one attached hydrogen (secondary N) is 2. The predicted molar refractivity (Wildman–Crippen MR) is 92.0 cm³/mol. The molecule has 0 bridgehead atoms. The summed E-state index contributed by atoms with van der Waals surface area (Å²) in [6.07, 6.45) is 0.899. The van der Waals surface area contributed by atoms with Gasteiger partial charge >= 0.3 is 0 Å². The highest BCUT2D eigenvalue weighted by atomic mass is 19.1. The van der Waals surface area contributed by atoms with Gasteiger partial charge in [-0.25, -0.2) is 4.39 Å². The lowest BCUT2D eigenvalue weighted by Gasteiger charge is -2.32. The van der Waals surface area contributed by atoms with Crippen molar-refractivity contribution < 1.29 is 14.0 Å². The summed E-state index contributed by atoms with van der Waals surface area (Å²) in [5, 5.41) is 0. The molecule has 2 aromatic carbocycles. The van der Waals surface area contributed by atoms with Crippen molar-refractivity contribution in [3.05, 3.63) is 71.0 Å². The number of hydrogen-bond donors (Lipinski definition) is 2. The molecule has 0 saturated carbocycles. The average molecular weight is 341 g/mol. The monoisotopic (exact) mass is 341 g/mol. The second kappa shape index (κ2) is 7.44. The van der Waals surface area contributed by atoms with Crippen molar-refractivity contribution in [3.8, 4) is 0 Å². The number of carbonyl (C=O) groups excluding carboxylic acids is 2. The van der Waals surface area contributed by atoms with Crippen LogP contribution in [0.25, 0.3) is 0 Å². The van der Waals surface area contributed by atoms with Crippen LogP contribution in [0.5, 0.6) is 0 Å². The van der Waals surface area contributed by atoms with Gasteiger partial charge in [0.25, 0.3) is 11.8 Å². The van der Waals surface area contributed by atoms with Gasteiger partial charge in [0, 0.05) is 18.7 Å². The maximum Gasteiger partial charge on any atom is 0.269 e. The van der Waals surface area contributed by atoms with Gasteiger partial charge in [-0.3, -0.25) is 25.3 Å². The first-order valence-corrected chi connectivity index (χ1v) is 8.21. The van der Waals surface area contributed by atoms with E-state index in [0.717, 1.165) is 13.0 Å². The van der Waals surface area contributed by atoms with Crippen LogP contribution in [0.2, 0.25) is 0 Å². The van der Waals surface area contributed by atoms with Gasteiger partial charge in [-0.15, -0.1) is 0 Å². The maximum atomic E-state index is 12.9. The quantitative estimate of drug-likeness (QED) is 0.840.